The van der Waals surface area contributed by atoms with Crippen LogP contribution in [0.5, 0.6) is 34.5 Å². The summed E-state index contributed by atoms with van der Waals surface area (Å²) in [6.45, 7) is 1.17. The van der Waals surface area contributed by atoms with Crippen molar-refractivity contribution >= 4 is 58.3 Å². The summed E-state index contributed by atoms with van der Waals surface area (Å²) >= 11 is 24.4. The number of benzene rings is 4. The maximum atomic E-state index is 12.3. The molecule has 4 aromatic rings. The van der Waals surface area contributed by atoms with Gasteiger partial charge in [0.1, 0.15) is 23.7 Å². The Bertz CT molecular complexity index is 1700. The highest BCUT2D eigenvalue weighted by Gasteiger charge is 2.34. The molecule has 0 N–H and O–H groups in total. The molecule has 6 rings (SSSR count). The van der Waals surface area contributed by atoms with Crippen LogP contribution >= 0.6 is 46.4 Å². The molecule has 0 bridgehead atoms. The van der Waals surface area contributed by atoms with Crippen molar-refractivity contribution in [3.05, 3.63) is 117 Å². The summed E-state index contributed by atoms with van der Waals surface area (Å²) in [5, 5.41) is 4.82. The van der Waals surface area contributed by atoms with Crippen LogP contribution in [-0.2, 0) is 19.3 Å². The molecule has 0 radical (unpaired) electrons. The van der Waals surface area contributed by atoms with Gasteiger partial charge in [-0.1, -0.05) is 58.5 Å². The fourth-order valence-electron chi connectivity index (χ4n) is 4.54. The van der Waals surface area contributed by atoms with E-state index in [0.29, 0.717) is 80.8 Å². The average molecular weight is 732 g/mol. The van der Waals surface area contributed by atoms with Gasteiger partial charge in [-0.3, -0.25) is 0 Å². The van der Waals surface area contributed by atoms with E-state index in [-0.39, 0.29) is 12.2 Å². The summed E-state index contributed by atoms with van der Waals surface area (Å²) in [7, 11) is 0. The van der Waals surface area contributed by atoms with E-state index in [9.17, 15) is 9.59 Å². The number of carbonyl (C=O) groups is 2. The van der Waals surface area contributed by atoms with Crippen molar-refractivity contribution in [2.75, 3.05) is 26.2 Å². The van der Waals surface area contributed by atoms with Crippen molar-refractivity contribution < 1.29 is 38.2 Å². The molecule has 4 aromatic carbocycles. The first kappa shape index (κ1) is 33.7. The first-order chi connectivity index (χ1) is 23.1. The Morgan fingerprint density at radius 3 is 1.33 bits per heavy atom. The monoisotopic (exact) mass is 730 g/mol. The van der Waals surface area contributed by atoms with E-state index in [1.807, 2.05) is 0 Å². The van der Waals surface area contributed by atoms with Crippen LogP contribution in [0.1, 0.15) is 0 Å². The molecule has 0 aromatic heterocycles. The number of hydrogen-bond donors (Lipinski definition) is 0. The van der Waals surface area contributed by atoms with Gasteiger partial charge < -0.3 is 28.6 Å². The molecular formula is C34H26Cl4N2O8. The second kappa shape index (κ2) is 15.4. The van der Waals surface area contributed by atoms with Gasteiger partial charge in [0.05, 0.1) is 26.2 Å². The molecule has 48 heavy (non-hydrogen) atoms. The van der Waals surface area contributed by atoms with E-state index >= 15 is 0 Å². The molecule has 248 valence electrons. The maximum absolute atomic E-state index is 12.3. The molecule has 14 heteroatoms. The smallest absolute Gasteiger partial charge is 0.349 e. The van der Waals surface area contributed by atoms with Gasteiger partial charge in [0.25, 0.3) is 0 Å². The summed E-state index contributed by atoms with van der Waals surface area (Å²) in [5.74, 6) is 1.37. The summed E-state index contributed by atoms with van der Waals surface area (Å²) in [6, 6.07) is 24.0. The molecule has 0 aliphatic carbocycles. The molecule has 0 amide bonds. The lowest BCUT2D eigenvalue weighted by molar-refractivity contribution is -0.224. The quantitative estimate of drug-likeness (QED) is 0.133. The van der Waals surface area contributed by atoms with Crippen LogP contribution in [0.25, 0.3) is 0 Å². The highest BCUT2D eigenvalue weighted by molar-refractivity contribution is 6.31. The summed E-state index contributed by atoms with van der Waals surface area (Å²) in [6.07, 6.45) is 1.40. The minimum atomic E-state index is -0.740. The van der Waals surface area contributed by atoms with Gasteiger partial charge in [-0.2, -0.15) is 0 Å². The van der Waals surface area contributed by atoms with E-state index in [4.69, 9.17) is 75.0 Å². The summed E-state index contributed by atoms with van der Waals surface area (Å²) in [4.78, 5) is 35.0. The second-order valence-electron chi connectivity index (χ2n) is 10.6. The van der Waals surface area contributed by atoms with Crippen LogP contribution in [0.15, 0.2) is 97.1 Å². The van der Waals surface area contributed by atoms with Crippen LogP contribution in [0, 0.1) is 0 Å². The summed E-state index contributed by atoms with van der Waals surface area (Å²) < 4.78 is 23.9. The first-order valence-corrected chi connectivity index (χ1v) is 16.1. The summed E-state index contributed by atoms with van der Waals surface area (Å²) in [5.41, 5.74) is 0. The van der Waals surface area contributed by atoms with Crippen LogP contribution in [0.3, 0.4) is 0 Å². The lowest BCUT2D eigenvalue weighted by atomic mass is 10.2. The van der Waals surface area contributed by atoms with Crippen LogP contribution in [0.4, 0.5) is 0 Å². The Hall–Kier alpha value is -4.16. The largest absolute Gasteiger partial charge is 0.484 e. The molecule has 2 heterocycles. The fourth-order valence-corrected chi connectivity index (χ4v) is 5.23. The van der Waals surface area contributed by atoms with Crippen molar-refractivity contribution in [3.8, 4) is 34.5 Å². The molecule has 0 unspecified atom stereocenters. The third kappa shape index (κ3) is 9.25. The van der Waals surface area contributed by atoms with Crippen molar-refractivity contribution in [1.29, 1.82) is 0 Å². The number of hydrogen-bond acceptors (Lipinski definition) is 10. The van der Waals surface area contributed by atoms with Gasteiger partial charge in [-0.15, -0.1) is 10.1 Å². The molecule has 0 atom stereocenters. The third-order valence-electron chi connectivity index (χ3n) is 6.87. The third-order valence-corrected chi connectivity index (χ3v) is 7.81. The predicted molar refractivity (Wildman–Crippen MR) is 179 cm³/mol. The lowest BCUT2D eigenvalue weighted by Crippen LogP contribution is -2.54. The Morgan fingerprint density at radius 2 is 0.938 bits per heavy atom. The van der Waals surface area contributed by atoms with Crippen LogP contribution in [0.2, 0.25) is 20.1 Å². The van der Waals surface area contributed by atoms with Gasteiger partial charge in [-0.25, -0.2) is 9.59 Å². The molecule has 2 fully saturated rings. The van der Waals surface area contributed by atoms with Gasteiger partial charge in [-0.05, 0) is 60.7 Å². The molecule has 0 spiro atoms. The molecule has 2 aliphatic rings. The number of carbonyl (C=O) groups excluding carboxylic acids is 2. The zero-order valence-corrected chi connectivity index (χ0v) is 27.9. The Balaban J connectivity index is 0.913. The van der Waals surface area contributed by atoms with Crippen molar-refractivity contribution in [2.45, 2.75) is 12.2 Å². The highest BCUT2D eigenvalue weighted by Crippen LogP contribution is 2.37. The van der Waals surface area contributed by atoms with Crippen LogP contribution in [-0.4, -0.2) is 60.5 Å². The standard InChI is InChI=1S/C34H26Cl4N2O8/c35-21-3-1-5-25(13-21)43-29-9-7-23(37)15-31(29)45-27-17-39(18-27)47-33(41)11-12-34(42)48-40-19-28(20-40)46-32-16-24(38)8-10-30(32)44-26-6-2-4-22(36)14-26/h1-16,27-28H,17-20H2/b12-11-. The highest BCUT2D eigenvalue weighted by atomic mass is 35.5. The molecular weight excluding hydrogens is 706 g/mol. The Kier molecular flexibility index (Phi) is 10.8. The van der Waals surface area contributed by atoms with E-state index in [2.05, 4.69) is 0 Å². The van der Waals surface area contributed by atoms with Crippen molar-refractivity contribution in [1.82, 2.24) is 10.1 Å². The minimum Gasteiger partial charge on any atom is -0.484 e. The average Bonchev–Trinajstić information content (AvgIpc) is 3.00. The number of halogens is 4. The molecule has 10 nitrogen and oxygen atoms in total. The first-order valence-electron chi connectivity index (χ1n) is 14.6. The fraction of sp³-hybridized carbons (Fsp3) is 0.176. The van der Waals surface area contributed by atoms with Gasteiger partial charge in [0.2, 0.25) is 0 Å². The van der Waals surface area contributed by atoms with Crippen molar-refractivity contribution in [2.24, 2.45) is 0 Å². The molecule has 2 saturated heterocycles. The molecule has 0 saturated carbocycles. The zero-order chi connectivity index (χ0) is 33.6. The number of ether oxygens (including phenoxy) is 4. The maximum Gasteiger partial charge on any atom is 0.349 e. The minimum absolute atomic E-state index is 0.292. The molecule has 2 aliphatic heterocycles. The van der Waals surface area contributed by atoms with Gasteiger partial charge >= 0.3 is 11.9 Å². The second-order valence-corrected chi connectivity index (χ2v) is 12.4. The normalized spacial score (nSPS) is 15.3. The Labute approximate surface area is 295 Å². The van der Waals surface area contributed by atoms with E-state index in [1.54, 1.807) is 84.9 Å². The SMILES string of the molecule is O=C(/C=C\C(=O)ON1CC(Oc2cc(Cl)ccc2Oc2cccc(Cl)c2)C1)ON1CC(Oc2cc(Cl)ccc2Oc2cccc(Cl)c2)C1. The van der Waals surface area contributed by atoms with Crippen molar-refractivity contribution in [3.63, 3.8) is 0 Å². The Morgan fingerprint density at radius 1 is 0.542 bits per heavy atom. The van der Waals surface area contributed by atoms with Gasteiger partial charge in [0, 0.05) is 44.4 Å². The van der Waals surface area contributed by atoms with E-state index in [1.165, 1.54) is 10.1 Å². The number of hydroxylamine groups is 4. The topological polar surface area (TPSA) is 96.0 Å². The van der Waals surface area contributed by atoms with E-state index < -0.39 is 11.9 Å². The van der Waals surface area contributed by atoms with E-state index in [0.717, 1.165) is 12.2 Å². The lowest BCUT2D eigenvalue weighted by Gasteiger charge is -2.37. The van der Waals surface area contributed by atoms with Crippen LogP contribution < -0.4 is 18.9 Å². The number of nitrogens with zero attached hydrogens (tertiary/aromatic N) is 2. The zero-order valence-electron chi connectivity index (χ0n) is 24.9. The predicted octanol–water partition coefficient (Wildman–Crippen LogP) is 8.18. The number of rotatable bonds is 12. The van der Waals surface area contributed by atoms with Gasteiger partial charge in [0.15, 0.2) is 23.0 Å².